The molecule has 0 heterocycles. The Balaban J connectivity index is 1.80. The van der Waals surface area contributed by atoms with Gasteiger partial charge in [0.25, 0.3) is 5.91 Å². The number of benzene rings is 3. The normalized spacial score (nSPS) is 11.3. The first kappa shape index (κ1) is 18.1. The van der Waals surface area contributed by atoms with Crippen LogP contribution in [0.4, 0.5) is 5.69 Å². The van der Waals surface area contributed by atoms with Crippen LogP contribution >= 0.6 is 0 Å². The molecule has 0 fully saturated rings. The lowest BCUT2D eigenvalue weighted by atomic mass is 10.1. The molecule has 0 unspecified atom stereocenters. The minimum absolute atomic E-state index is 0.105. The van der Waals surface area contributed by atoms with Crippen LogP contribution in [0.25, 0.3) is 10.8 Å². The van der Waals surface area contributed by atoms with Crippen LogP contribution in [-0.4, -0.2) is 22.6 Å². The molecule has 6 nitrogen and oxygen atoms in total. The van der Waals surface area contributed by atoms with Gasteiger partial charge >= 0.3 is 0 Å². The van der Waals surface area contributed by atoms with Crippen LogP contribution < -0.4 is 10.7 Å². The standard InChI is InChI=1S/C21H19N3O3/c1-13(15-8-5-9-18(10-15)22-14(2)25)23-24-21(27)19-11-16-6-3-4-7-17(16)12-20(19)26/h3-12,26H,1-2H3,(H,22,25)(H,24,27). The maximum absolute atomic E-state index is 12.4. The molecular formula is C21H19N3O3. The number of anilines is 1. The van der Waals surface area contributed by atoms with Gasteiger partial charge in [-0.15, -0.1) is 0 Å². The number of nitrogens with zero attached hydrogens (tertiary/aromatic N) is 1. The van der Waals surface area contributed by atoms with E-state index in [1.54, 1.807) is 37.3 Å². The van der Waals surface area contributed by atoms with Gasteiger partial charge in [-0.25, -0.2) is 5.43 Å². The molecule has 0 saturated carbocycles. The van der Waals surface area contributed by atoms with Crippen LogP contribution in [0.2, 0.25) is 0 Å². The van der Waals surface area contributed by atoms with Crippen molar-refractivity contribution in [2.75, 3.05) is 5.32 Å². The maximum Gasteiger partial charge on any atom is 0.275 e. The highest BCUT2D eigenvalue weighted by atomic mass is 16.3. The van der Waals surface area contributed by atoms with Crippen molar-refractivity contribution in [3.05, 3.63) is 71.8 Å². The molecule has 0 saturated heterocycles. The third-order valence-corrected chi connectivity index (χ3v) is 4.03. The molecule has 0 aromatic heterocycles. The van der Waals surface area contributed by atoms with Crippen LogP contribution in [0.15, 0.2) is 65.8 Å². The molecule has 0 aliphatic carbocycles. The molecule has 3 aromatic rings. The fourth-order valence-electron chi connectivity index (χ4n) is 2.69. The first-order valence-electron chi connectivity index (χ1n) is 8.38. The monoisotopic (exact) mass is 361 g/mol. The van der Waals surface area contributed by atoms with E-state index in [0.29, 0.717) is 11.4 Å². The number of phenolic OH excluding ortho intramolecular Hbond substituents is 1. The van der Waals surface area contributed by atoms with E-state index >= 15 is 0 Å². The van der Waals surface area contributed by atoms with Crippen molar-refractivity contribution in [1.29, 1.82) is 0 Å². The SMILES string of the molecule is CC(=O)Nc1cccc(C(C)=NNC(=O)c2cc3ccccc3cc2O)c1. The largest absolute Gasteiger partial charge is 0.507 e. The quantitative estimate of drug-likeness (QED) is 0.489. The predicted molar refractivity (Wildman–Crippen MR) is 106 cm³/mol. The number of hydrazone groups is 1. The van der Waals surface area contributed by atoms with Gasteiger partial charge in [-0.2, -0.15) is 5.10 Å². The average molecular weight is 361 g/mol. The fraction of sp³-hybridized carbons (Fsp3) is 0.0952. The highest BCUT2D eigenvalue weighted by molar-refractivity contribution is 6.04. The number of nitrogens with one attached hydrogen (secondary N) is 2. The summed E-state index contributed by atoms with van der Waals surface area (Å²) >= 11 is 0. The second-order valence-electron chi connectivity index (χ2n) is 6.12. The van der Waals surface area contributed by atoms with Gasteiger partial charge in [0.05, 0.1) is 11.3 Å². The van der Waals surface area contributed by atoms with Crippen LogP contribution in [0.3, 0.4) is 0 Å². The van der Waals surface area contributed by atoms with E-state index < -0.39 is 5.91 Å². The Kier molecular flexibility index (Phi) is 5.17. The molecule has 3 rings (SSSR count). The van der Waals surface area contributed by atoms with Crippen molar-refractivity contribution < 1.29 is 14.7 Å². The number of fused-ring (bicyclic) bond motifs is 1. The van der Waals surface area contributed by atoms with Gasteiger partial charge in [-0.3, -0.25) is 9.59 Å². The number of hydrogen-bond donors (Lipinski definition) is 3. The third kappa shape index (κ3) is 4.30. The third-order valence-electron chi connectivity index (χ3n) is 4.03. The summed E-state index contributed by atoms with van der Waals surface area (Å²) in [5.74, 6) is -0.774. The Morgan fingerprint density at radius 1 is 0.926 bits per heavy atom. The van der Waals surface area contributed by atoms with Crippen molar-refractivity contribution in [3.63, 3.8) is 0 Å². The lowest BCUT2D eigenvalue weighted by molar-refractivity contribution is -0.114. The van der Waals surface area contributed by atoms with Gasteiger partial charge in [0.15, 0.2) is 0 Å². The van der Waals surface area contributed by atoms with Gasteiger partial charge in [0, 0.05) is 12.6 Å². The molecule has 0 spiro atoms. The van der Waals surface area contributed by atoms with E-state index in [4.69, 9.17) is 0 Å². The average Bonchev–Trinajstić information content (AvgIpc) is 2.65. The Labute approximate surface area is 156 Å². The number of carbonyl (C=O) groups is 2. The second-order valence-corrected chi connectivity index (χ2v) is 6.12. The van der Waals surface area contributed by atoms with Gasteiger partial charge in [-0.1, -0.05) is 36.4 Å². The van der Waals surface area contributed by atoms with E-state index in [-0.39, 0.29) is 17.2 Å². The van der Waals surface area contributed by atoms with Gasteiger partial charge in [-0.05, 0) is 47.5 Å². The van der Waals surface area contributed by atoms with E-state index in [1.807, 2.05) is 30.3 Å². The maximum atomic E-state index is 12.4. The van der Waals surface area contributed by atoms with Crippen molar-refractivity contribution in [3.8, 4) is 5.75 Å². The number of carbonyl (C=O) groups excluding carboxylic acids is 2. The minimum atomic E-state index is -0.504. The summed E-state index contributed by atoms with van der Waals surface area (Å²) in [6.45, 7) is 3.18. The van der Waals surface area contributed by atoms with Crippen molar-refractivity contribution in [2.24, 2.45) is 5.10 Å². The molecule has 2 amide bonds. The Morgan fingerprint density at radius 2 is 1.63 bits per heavy atom. The summed E-state index contributed by atoms with van der Waals surface area (Å²) in [5, 5.41) is 18.6. The molecule has 0 atom stereocenters. The smallest absolute Gasteiger partial charge is 0.275 e. The Morgan fingerprint density at radius 3 is 2.33 bits per heavy atom. The Hall–Kier alpha value is -3.67. The second kappa shape index (κ2) is 7.70. The first-order chi connectivity index (χ1) is 12.9. The van der Waals surface area contributed by atoms with Gasteiger partial charge in [0.2, 0.25) is 5.91 Å². The summed E-state index contributed by atoms with van der Waals surface area (Å²) in [6, 6.07) is 17.8. The lowest BCUT2D eigenvalue weighted by Crippen LogP contribution is -2.19. The molecule has 0 aliphatic rings. The summed E-state index contributed by atoms with van der Waals surface area (Å²) in [4.78, 5) is 23.6. The Bertz CT molecular complexity index is 1060. The van der Waals surface area contributed by atoms with Crippen LogP contribution in [-0.2, 0) is 4.79 Å². The molecule has 136 valence electrons. The number of phenols is 1. The molecule has 0 bridgehead atoms. The first-order valence-corrected chi connectivity index (χ1v) is 8.38. The minimum Gasteiger partial charge on any atom is -0.507 e. The molecule has 0 radical (unpaired) electrons. The molecule has 6 heteroatoms. The zero-order valence-electron chi connectivity index (χ0n) is 15.0. The zero-order chi connectivity index (χ0) is 19.4. The van der Waals surface area contributed by atoms with Crippen LogP contribution in [0, 0.1) is 0 Å². The molecule has 3 aromatic carbocycles. The van der Waals surface area contributed by atoms with Crippen LogP contribution in [0.1, 0.15) is 29.8 Å². The summed E-state index contributed by atoms with van der Waals surface area (Å²) in [7, 11) is 0. The number of rotatable bonds is 4. The topological polar surface area (TPSA) is 90.8 Å². The van der Waals surface area contributed by atoms with E-state index in [1.165, 1.54) is 6.92 Å². The zero-order valence-corrected chi connectivity index (χ0v) is 15.0. The number of hydrogen-bond acceptors (Lipinski definition) is 4. The van der Waals surface area contributed by atoms with Crippen molar-refractivity contribution in [2.45, 2.75) is 13.8 Å². The van der Waals surface area contributed by atoms with Crippen molar-refractivity contribution >= 4 is 34.0 Å². The summed E-state index contributed by atoms with van der Waals surface area (Å²) in [6.07, 6.45) is 0. The highest BCUT2D eigenvalue weighted by Gasteiger charge is 2.12. The number of aromatic hydroxyl groups is 1. The van der Waals surface area contributed by atoms with Crippen LogP contribution in [0.5, 0.6) is 5.75 Å². The summed E-state index contributed by atoms with van der Waals surface area (Å²) in [5.41, 5.74) is 4.58. The lowest BCUT2D eigenvalue weighted by Gasteiger charge is -2.08. The molecule has 27 heavy (non-hydrogen) atoms. The van der Waals surface area contributed by atoms with E-state index in [0.717, 1.165) is 16.3 Å². The fourth-order valence-corrected chi connectivity index (χ4v) is 2.69. The number of amides is 2. The van der Waals surface area contributed by atoms with Gasteiger partial charge in [0.1, 0.15) is 5.75 Å². The molecule has 0 aliphatic heterocycles. The highest BCUT2D eigenvalue weighted by Crippen LogP contribution is 2.24. The molecular weight excluding hydrogens is 342 g/mol. The van der Waals surface area contributed by atoms with E-state index in [9.17, 15) is 14.7 Å². The van der Waals surface area contributed by atoms with Gasteiger partial charge < -0.3 is 10.4 Å². The van der Waals surface area contributed by atoms with E-state index in [2.05, 4.69) is 15.8 Å². The summed E-state index contributed by atoms with van der Waals surface area (Å²) < 4.78 is 0. The molecule has 3 N–H and O–H groups in total. The predicted octanol–water partition coefficient (Wildman–Crippen LogP) is 3.66. The van der Waals surface area contributed by atoms with Crippen molar-refractivity contribution in [1.82, 2.24) is 5.43 Å².